The molecule has 1 heterocycles. The molecule has 0 radical (unpaired) electrons. The van der Waals surface area contributed by atoms with Gasteiger partial charge in [-0.15, -0.1) is 0 Å². The highest BCUT2D eigenvalue weighted by Gasteiger charge is 2.04. The predicted molar refractivity (Wildman–Crippen MR) is 72.9 cm³/mol. The molecule has 3 aromatic rings. The van der Waals surface area contributed by atoms with Gasteiger partial charge in [0.15, 0.2) is 0 Å². The summed E-state index contributed by atoms with van der Waals surface area (Å²) < 4.78 is 15.7. The molecule has 0 saturated heterocycles. The lowest BCUT2D eigenvalue weighted by Crippen LogP contribution is -1.98. The molecule has 0 saturated carbocycles. The lowest BCUT2D eigenvalue weighted by Gasteiger charge is -2.05. The Kier molecular flexibility index (Phi) is 2.88. The SMILES string of the molecule is Fc1ccc(Cn2cnc3ccccc32)cc1Br. The monoisotopic (exact) mass is 304 g/mol. The first-order valence-electron chi connectivity index (χ1n) is 5.58. The Bertz CT molecular complexity index is 706. The maximum absolute atomic E-state index is 13.2. The molecule has 3 rings (SSSR count). The molecule has 0 aliphatic heterocycles. The number of para-hydroxylation sites is 2. The van der Waals surface area contributed by atoms with Crippen molar-refractivity contribution >= 4 is 27.0 Å². The summed E-state index contributed by atoms with van der Waals surface area (Å²) in [5, 5.41) is 0. The second kappa shape index (κ2) is 4.53. The molecule has 0 atom stereocenters. The van der Waals surface area contributed by atoms with Gasteiger partial charge < -0.3 is 4.57 Å². The van der Waals surface area contributed by atoms with Gasteiger partial charge in [0.25, 0.3) is 0 Å². The second-order valence-electron chi connectivity index (χ2n) is 4.11. The highest BCUT2D eigenvalue weighted by molar-refractivity contribution is 9.10. The molecule has 0 amide bonds. The smallest absolute Gasteiger partial charge is 0.137 e. The minimum Gasteiger partial charge on any atom is -0.326 e. The number of halogens is 2. The van der Waals surface area contributed by atoms with Gasteiger partial charge in [0, 0.05) is 6.54 Å². The zero-order valence-electron chi connectivity index (χ0n) is 9.48. The molecule has 0 fully saturated rings. The summed E-state index contributed by atoms with van der Waals surface area (Å²) in [7, 11) is 0. The predicted octanol–water partition coefficient (Wildman–Crippen LogP) is 3.99. The minimum absolute atomic E-state index is 0.241. The normalized spacial score (nSPS) is 11.0. The van der Waals surface area contributed by atoms with Crippen LogP contribution in [0.3, 0.4) is 0 Å². The molecular weight excluding hydrogens is 295 g/mol. The lowest BCUT2D eigenvalue weighted by molar-refractivity contribution is 0.619. The number of hydrogen-bond donors (Lipinski definition) is 0. The number of rotatable bonds is 2. The molecule has 2 aromatic carbocycles. The maximum Gasteiger partial charge on any atom is 0.137 e. The van der Waals surface area contributed by atoms with E-state index in [9.17, 15) is 4.39 Å². The minimum atomic E-state index is -0.241. The van der Waals surface area contributed by atoms with Crippen molar-refractivity contribution in [2.24, 2.45) is 0 Å². The van der Waals surface area contributed by atoms with Gasteiger partial charge in [-0.1, -0.05) is 18.2 Å². The van der Waals surface area contributed by atoms with E-state index in [2.05, 4.69) is 25.5 Å². The van der Waals surface area contributed by atoms with Crippen LogP contribution in [0.25, 0.3) is 11.0 Å². The molecule has 4 heteroatoms. The lowest BCUT2D eigenvalue weighted by atomic mass is 10.2. The number of imidazole rings is 1. The third-order valence-electron chi connectivity index (χ3n) is 2.86. The molecule has 0 aliphatic rings. The topological polar surface area (TPSA) is 17.8 Å². The van der Waals surface area contributed by atoms with Crippen molar-refractivity contribution in [3.05, 3.63) is 64.6 Å². The van der Waals surface area contributed by atoms with Gasteiger partial charge in [-0.3, -0.25) is 0 Å². The summed E-state index contributed by atoms with van der Waals surface area (Å²) in [5.41, 5.74) is 3.09. The van der Waals surface area contributed by atoms with E-state index in [1.165, 1.54) is 6.07 Å². The first kappa shape index (κ1) is 11.4. The van der Waals surface area contributed by atoms with Gasteiger partial charge in [-0.2, -0.15) is 0 Å². The van der Waals surface area contributed by atoms with Crippen molar-refractivity contribution in [2.75, 3.05) is 0 Å². The van der Waals surface area contributed by atoms with Crippen LogP contribution in [-0.4, -0.2) is 9.55 Å². The summed E-state index contributed by atoms with van der Waals surface area (Å²) in [6, 6.07) is 13.0. The Morgan fingerprint density at radius 1 is 1.17 bits per heavy atom. The molecule has 0 aliphatic carbocycles. The molecular formula is C14H10BrFN2. The van der Waals surface area contributed by atoms with Crippen LogP contribution >= 0.6 is 15.9 Å². The standard InChI is InChI=1S/C14H10BrFN2/c15-11-7-10(5-6-12(11)16)8-18-9-17-13-3-1-2-4-14(13)18/h1-7,9H,8H2. The third kappa shape index (κ3) is 2.04. The molecule has 1 aromatic heterocycles. The van der Waals surface area contributed by atoms with Crippen molar-refractivity contribution in [2.45, 2.75) is 6.54 Å². The number of fused-ring (bicyclic) bond motifs is 1. The first-order valence-corrected chi connectivity index (χ1v) is 6.37. The van der Waals surface area contributed by atoms with Crippen LogP contribution in [0.5, 0.6) is 0 Å². The summed E-state index contributed by atoms with van der Waals surface area (Å²) in [6.07, 6.45) is 1.81. The summed E-state index contributed by atoms with van der Waals surface area (Å²) >= 11 is 3.20. The Labute approximate surface area is 112 Å². The van der Waals surface area contributed by atoms with Crippen molar-refractivity contribution in [3.8, 4) is 0 Å². The van der Waals surface area contributed by atoms with Crippen LogP contribution in [0, 0.1) is 5.82 Å². The molecule has 2 nitrogen and oxygen atoms in total. The van der Waals surface area contributed by atoms with E-state index < -0.39 is 0 Å². The zero-order valence-corrected chi connectivity index (χ0v) is 11.1. The quantitative estimate of drug-likeness (QED) is 0.700. The third-order valence-corrected chi connectivity index (χ3v) is 3.47. The van der Waals surface area contributed by atoms with Gasteiger partial charge in [0.2, 0.25) is 0 Å². The first-order chi connectivity index (χ1) is 8.74. The average molecular weight is 305 g/mol. The Morgan fingerprint density at radius 3 is 2.83 bits per heavy atom. The van der Waals surface area contributed by atoms with Crippen molar-refractivity contribution in [1.29, 1.82) is 0 Å². The number of hydrogen-bond acceptors (Lipinski definition) is 1. The van der Waals surface area contributed by atoms with Crippen LogP contribution in [0.15, 0.2) is 53.3 Å². The summed E-state index contributed by atoms with van der Waals surface area (Å²) in [5.74, 6) is -0.241. The van der Waals surface area contributed by atoms with Gasteiger partial charge in [0.05, 0.1) is 21.8 Å². The van der Waals surface area contributed by atoms with E-state index in [0.717, 1.165) is 16.6 Å². The highest BCUT2D eigenvalue weighted by atomic mass is 79.9. The van der Waals surface area contributed by atoms with E-state index in [4.69, 9.17) is 0 Å². The van der Waals surface area contributed by atoms with Crippen molar-refractivity contribution < 1.29 is 4.39 Å². The van der Waals surface area contributed by atoms with E-state index in [-0.39, 0.29) is 5.82 Å². The van der Waals surface area contributed by atoms with Gasteiger partial charge in [-0.25, -0.2) is 9.37 Å². The Morgan fingerprint density at radius 2 is 2.00 bits per heavy atom. The average Bonchev–Trinajstić information content (AvgIpc) is 2.78. The number of nitrogens with zero attached hydrogens (tertiary/aromatic N) is 2. The molecule has 90 valence electrons. The van der Waals surface area contributed by atoms with Gasteiger partial charge in [-0.05, 0) is 45.8 Å². The Hall–Kier alpha value is -1.68. The van der Waals surface area contributed by atoms with E-state index >= 15 is 0 Å². The fourth-order valence-electron chi connectivity index (χ4n) is 1.97. The van der Waals surface area contributed by atoms with Gasteiger partial charge in [0.1, 0.15) is 5.82 Å². The van der Waals surface area contributed by atoms with Crippen LogP contribution in [0.1, 0.15) is 5.56 Å². The maximum atomic E-state index is 13.2. The largest absolute Gasteiger partial charge is 0.326 e. The van der Waals surface area contributed by atoms with Crippen LogP contribution < -0.4 is 0 Å². The van der Waals surface area contributed by atoms with Crippen LogP contribution in [0.2, 0.25) is 0 Å². The fourth-order valence-corrected chi connectivity index (χ4v) is 2.40. The van der Waals surface area contributed by atoms with E-state index in [1.807, 2.05) is 30.6 Å². The number of aromatic nitrogens is 2. The van der Waals surface area contributed by atoms with E-state index in [0.29, 0.717) is 11.0 Å². The molecule has 0 N–H and O–H groups in total. The molecule has 0 bridgehead atoms. The van der Waals surface area contributed by atoms with Crippen LogP contribution in [0.4, 0.5) is 4.39 Å². The van der Waals surface area contributed by atoms with Crippen LogP contribution in [-0.2, 0) is 6.54 Å². The molecule has 0 unspecified atom stereocenters. The zero-order chi connectivity index (χ0) is 12.5. The van der Waals surface area contributed by atoms with Crippen molar-refractivity contribution in [3.63, 3.8) is 0 Å². The molecule has 0 spiro atoms. The second-order valence-corrected chi connectivity index (χ2v) is 4.96. The summed E-state index contributed by atoms with van der Waals surface area (Å²) in [6.45, 7) is 0.680. The highest BCUT2D eigenvalue weighted by Crippen LogP contribution is 2.19. The Balaban J connectivity index is 1.98. The van der Waals surface area contributed by atoms with E-state index in [1.54, 1.807) is 12.1 Å². The number of benzene rings is 2. The van der Waals surface area contributed by atoms with Crippen molar-refractivity contribution in [1.82, 2.24) is 9.55 Å². The fraction of sp³-hybridized carbons (Fsp3) is 0.0714. The summed E-state index contributed by atoms with van der Waals surface area (Å²) in [4.78, 5) is 4.33. The molecule has 18 heavy (non-hydrogen) atoms. The van der Waals surface area contributed by atoms with Gasteiger partial charge >= 0.3 is 0 Å².